The fraction of sp³-hybridized carbons (Fsp3) is 0.125. The Balaban J connectivity index is 1.63. The summed E-state index contributed by atoms with van der Waals surface area (Å²) in [6.45, 7) is 4.03. The lowest BCUT2D eigenvalue weighted by Gasteiger charge is -2.23. The van der Waals surface area contributed by atoms with Gasteiger partial charge in [-0.15, -0.1) is 11.3 Å². The number of carbonyl (C=O) groups excluding carboxylic acids is 1. The summed E-state index contributed by atoms with van der Waals surface area (Å²) >= 11 is 3.60. The van der Waals surface area contributed by atoms with Crippen molar-refractivity contribution >= 4 is 71.3 Å². The number of anilines is 2. The van der Waals surface area contributed by atoms with Crippen molar-refractivity contribution in [2.75, 3.05) is 16.2 Å². The van der Waals surface area contributed by atoms with E-state index >= 15 is 0 Å². The molecule has 0 radical (unpaired) electrons. The number of hydrogen-bond acceptors (Lipinski definition) is 4. The fourth-order valence-corrected chi connectivity index (χ4v) is 6.12. The van der Waals surface area contributed by atoms with E-state index in [0.29, 0.717) is 17.1 Å². The van der Waals surface area contributed by atoms with Gasteiger partial charge in [0.2, 0.25) is 0 Å². The Morgan fingerprint density at radius 3 is 2.34 bits per heavy atom. The zero-order chi connectivity index (χ0) is 22.9. The van der Waals surface area contributed by atoms with Crippen LogP contribution in [0.4, 0.5) is 11.4 Å². The Morgan fingerprint density at radius 1 is 1.00 bits per heavy atom. The molecule has 0 aliphatic rings. The van der Waals surface area contributed by atoms with Crippen LogP contribution >= 0.6 is 33.9 Å². The Kier molecular flexibility index (Phi) is 6.55. The maximum absolute atomic E-state index is 13.2. The van der Waals surface area contributed by atoms with Crippen LogP contribution < -0.4 is 9.62 Å². The minimum Gasteiger partial charge on any atom is -0.321 e. The summed E-state index contributed by atoms with van der Waals surface area (Å²) in [6, 6.07) is 21.7. The molecule has 0 saturated heterocycles. The highest BCUT2D eigenvalue weighted by molar-refractivity contribution is 14.1. The second-order valence-electron chi connectivity index (χ2n) is 7.28. The first-order valence-electron chi connectivity index (χ1n) is 9.98. The number of fused-ring (bicyclic) bond motifs is 1. The summed E-state index contributed by atoms with van der Waals surface area (Å²) in [6.07, 6.45) is 0. The molecule has 5 nitrogen and oxygen atoms in total. The van der Waals surface area contributed by atoms with E-state index in [1.807, 2.05) is 50.2 Å². The number of nitrogens with one attached hydrogen (secondary N) is 1. The molecule has 1 amide bonds. The molecule has 3 aromatic carbocycles. The fourth-order valence-electron chi connectivity index (χ4n) is 3.35. The Labute approximate surface area is 205 Å². The molecule has 0 spiro atoms. The Hall–Kier alpha value is -2.43. The summed E-state index contributed by atoms with van der Waals surface area (Å²) in [4.78, 5) is 13.5. The van der Waals surface area contributed by atoms with Gasteiger partial charge in [0.25, 0.3) is 15.9 Å². The van der Waals surface area contributed by atoms with Gasteiger partial charge in [-0.2, -0.15) is 0 Å². The highest BCUT2D eigenvalue weighted by Gasteiger charge is 2.24. The first kappa shape index (κ1) is 22.8. The van der Waals surface area contributed by atoms with E-state index in [-0.39, 0.29) is 10.8 Å². The minimum atomic E-state index is -3.69. The van der Waals surface area contributed by atoms with Crippen LogP contribution in [0.25, 0.3) is 10.1 Å². The smallest absolute Gasteiger partial charge is 0.265 e. The molecule has 32 heavy (non-hydrogen) atoms. The van der Waals surface area contributed by atoms with E-state index in [1.54, 1.807) is 36.4 Å². The molecule has 164 valence electrons. The van der Waals surface area contributed by atoms with Gasteiger partial charge in [-0.3, -0.25) is 9.10 Å². The van der Waals surface area contributed by atoms with Gasteiger partial charge in [-0.25, -0.2) is 8.42 Å². The quantitative estimate of drug-likeness (QED) is 0.275. The maximum atomic E-state index is 13.2. The number of nitrogens with zero attached hydrogens (tertiary/aromatic N) is 1. The molecule has 0 unspecified atom stereocenters. The van der Waals surface area contributed by atoms with Gasteiger partial charge in [-0.05, 0) is 102 Å². The van der Waals surface area contributed by atoms with Gasteiger partial charge in [0.15, 0.2) is 0 Å². The molecule has 0 saturated carbocycles. The topological polar surface area (TPSA) is 66.5 Å². The molecule has 4 aromatic rings. The monoisotopic (exact) mass is 576 g/mol. The standard InChI is InChI=1S/C24H21IN2O3S2/c1-3-27(32(29,30)21-11-4-16(2)5-12-21)20-10-13-22-17(14-20)15-23(31-22)24(28)26-19-8-6-18(25)7-9-19/h4-15H,3H2,1-2H3,(H,26,28). The van der Waals surface area contributed by atoms with Crippen LogP contribution in [0, 0.1) is 10.5 Å². The van der Waals surface area contributed by atoms with Crippen LogP contribution in [0.1, 0.15) is 22.2 Å². The second kappa shape index (κ2) is 9.21. The lowest BCUT2D eigenvalue weighted by Crippen LogP contribution is -2.30. The number of rotatable bonds is 6. The molecular weight excluding hydrogens is 555 g/mol. The van der Waals surface area contributed by atoms with Crippen LogP contribution in [-0.4, -0.2) is 20.9 Å². The number of hydrogen-bond donors (Lipinski definition) is 1. The van der Waals surface area contributed by atoms with Gasteiger partial charge in [0.1, 0.15) is 0 Å². The van der Waals surface area contributed by atoms with Crippen molar-refractivity contribution in [3.63, 3.8) is 0 Å². The third-order valence-corrected chi connectivity index (χ3v) is 8.76. The zero-order valence-electron chi connectivity index (χ0n) is 17.5. The number of thiophene rings is 1. The highest BCUT2D eigenvalue weighted by Crippen LogP contribution is 2.32. The molecule has 0 bridgehead atoms. The van der Waals surface area contributed by atoms with Crippen molar-refractivity contribution in [3.05, 3.63) is 86.8 Å². The molecule has 1 heterocycles. The zero-order valence-corrected chi connectivity index (χ0v) is 21.3. The van der Waals surface area contributed by atoms with Crippen molar-refractivity contribution in [3.8, 4) is 0 Å². The van der Waals surface area contributed by atoms with Crippen LogP contribution in [0.15, 0.2) is 77.7 Å². The van der Waals surface area contributed by atoms with Gasteiger partial charge in [0, 0.05) is 20.5 Å². The summed E-state index contributed by atoms with van der Waals surface area (Å²) in [5.41, 5.74) is 2.31. The van der Waals surface area contributed by atoms with Gasteiger partial charge in [0.05, 0.1) is 15.5 Å². The maximum Gasteiger partial charge on any atom is 0.265 e. The van der Waals surface area contributed by atoms with Crippen molar-refractivity contribution < 1.29 is 13.2 Å². The summed E-state index contributed by atoms with van der Waals surface area (Å²) in [5.74, 6) is -0.186. The largest absolute Gasteiger partial charge is 0.321 e. The molecule has 8 heteroatoms. The third kappa shape index (κ3) is 4.67. The van der Waals surface area contributed by atoms with Crippen molar-refractivity contribution in [1.29, 1.82) is 0 Å². The van der Waals surface area contributed by atoms with E-state index in [4.69, 9.17) is 0 Å². The molecule has 1 aromatic heterocycles. The predicted molar refractivity (Wildman–Crippen MR) is 140 cm³/mol. The number of benzene rings is 3. The van der Waals surface area contributed by atoms with Gasteiger partial charge >= 0.3 is 0 Å². The first-order valence-corrected chi connectivity index (χ1v) is 13.3. The van der Waals surface area contributed by atoms with E-state index in [1.165, 1.54) is 15.6 Å². The molecule has 0 fully saturated rings. The minimum absolute atomic E-state index is 0.186. The van der Waals surface area contributed by atoms with Gasteiger partial charge < -0.3 is 5.32 Å². The number of aryl methyl sites for hydroxylation is 1. The average molecular weight is 576 g/mol. The molecule has 4 rings (SSSR count). The van der Waals surface area contributed by atoms with Crippen molar-refractivity contribution in [2.24, 2.45) is 0 Å². The summed E-state index contributed by atoms with van der Waals surface area (Å²) in [7, 11) is -3.69. The van der Waals surface area contributed by atoms with Crippen LogP contribution in [-0.2, 0) is 10.0 Å². The van der Waals surface area contributed by atoms with Crippen molar-refractivity contribution in [1.82, 2.24) is 0 Å². The number of carbonyl (C=O) groups is 1. The summed E-state index contributed by atoms with van der Waals surface area (Å²) < 4.78 is 29.8. The van der Waals surface area contributed by atoms with Crippen molar-refractivity contribution in [2.45, 2.75) is 18.7 Å². The molecule has 0 aliphatic heterocycles. The number of halogens is 1. The lowest BCUT2D eigenvalue weighted by atomic mass is 10.2. The summed E-state index contributed by atoms with van der Waals surface area (Å²) in [5, 5.41) is 3.74. The molecular formula is C24H21IN2O3S2. The third-order valence-electron chi connectivity index (χ3n) is 5.01. The normalized spacial score (nSPS) is 11.5. The van der Waals surface area contributed by atoms with Crippen LogP contribution in [0.3, 0.4) is 0 Å². The number of amides is 1. The molecule has 1 N–H and O–H groups in total. The lowest BCUT2D eigenvalue weighted by molar-refractivity contribution is 0.103. The SMILES string of the molecule is CCN(c1ccc2sc(C(=O)Nc3ccc(I)cc3)cc2c1)S(=O)(=O)c1ccc(C)cc1. The second-order valence-corrected chi connectivity index (χ2v) is 11.5. The molecule has 0 atom stereocenters. The van der Waals surface area contributed by atoms with Crippen LogP contribution in [0.5, 0.6) is 0 Å². The van der Waals surface area contributed by atoms with Gasteiger partial charge in [-0.1, -0.05) is 17.7 Å². The Bertz CT molecular complexity index is 1380. The highest BCUT2D eigenvalue weighted by atomic mass is 127. The average Bonchev–Trinajstić information content (AvgIpc) is 3.20. The molecule has 0 aliphatic carbocycles. The van der Waals surface area contributed by atoms with Crippen LogP contribution in [0.2, 0.25) is 0 Å². The van der Waals surface area contributed by atoms with E-state index in [0.717, 1.165) is 24.9 Å². The Morgan fingerprint density at radius 2 is 1.69 bits per heavy atom. The van der Waals surface area contributed by atoms with E-state index in [2.05, 4.69) is 27.9 Å². The van der Waals surface area contributed by atoms with E-state index < -0.39 is 10.0 Å². The first-order chi connectivity index (χ1) is 15.3. The van der Waals surface area contributed by atoms with E-state index in [9.17, 15) is 13.2 Å². The number of sulfonamides is 1. The predicted octanol–water partition coefficient (Wildman–Crippen LogP) is 6.28.